The summed E-state index contributed by atoms with van der Waals surface area (Å²) in [4.78, 5) is 95.2. The lowest BCUT2D eigenvalue weighted by Crippen LogP contribution is -2.43. The summed E-state index contributed by atoms with van der Waals surface area (Å²) in [6.07, 6.45) is 4.22. The molecule has 81 heavy (non-hydrogen) atoms. The highest BCUT2D eigenvalue weighted by Gasteiger charge is 2.42. The number of carbonyl (C=O) groups is 7. The van der Waals surface area contributed by atoms with E-state index in [0.717, 1.165) is 58.6 Å². The van der Waals surface area contributed by atoms with E-state index in [1.54, 1.807) is 51.7 Å². The third-order valence-corrected chi connectivity index (χ3v) is 18.9. The van der Waals surface area contributed by atoms with E-state index in [9.17, 15) is 38.7 Å². The number of aliphatic hydroxyl groups excluding tert-OH is 1. The van der Waals surface area contributed by atoms with Crippen LogP contribution in [-0.2, 0) is 62.9 Å². The zero-order chi connectivity index (χ0) is 57.4. The molecule has 0 saturated carbocycles. The number of hydrogen-bond acceptors (Lipinski definition) is 13. The molecule has 4 N–H and O–H groups in total. The van der Waals surface area contributed by atoms with Crippen molar-refractivity contribution in [3.63, 3.8) is 0 Å². The predicted octanol–water partition coefficient (Wildman–Crippen LogP) is 9.39. The van der Waals surface area contributed by atoms with Crippen LogP contribution in [0.25, 0.3) is 0 Å². The first-order chi connectivity index (χ1) is 39.0. The number of fused-ring (bicyclic) bond motifs is 8. The minimum atomic E-state index is -0.797. The normalized spacial score (nSPS) is 16.8. The lowest BCUT2D eigenvalue weighted by atomic mass is 9.96. The Morgan fingerprint density at radius 3 is 2.05 bits per heavy atom. The molecular formula is C63H71N5O11S2. The highest BCUT2D eigenvalue weighted by Crippen LogP contribution is 2.43. The number of aryl methyl sites for hydroxylation is 2. The van der Waals surface area contributed by atoms with Crippen LogP contribution < -0.4 is 40.0 Å². The number of para-hydroxylation sites is 2. The van der Waals surface area contributed by atoms with E-state index >= 15 is 0 Å². The summed E-state index contributed by atoms with van der Waals surface area (Å²) in [5.41, 5.74) is 9.09. The second kappa shape index (κ2) is 26.2. The minimum absolute atomic E-state index is 0.0162. The van der Waals surface area contributed by atoms with Crippen LogP contribution in [0.5, 0.6) is 17.2 Å². The van der Waals surface area contributed by atoms with E-state index in [4.69, 9.17) is 14.2 Å². The Morgan fingerprint density at radius 1 is 0.679 bits per heavy atom. The quantitative estimate of drug-likeness (QED) is 0.0318. The van der Waals surface area contributed by atoms with E-state index in [0.29, 0.717) is 82.9 Å². The van der Waals surface area contributed by atoms with Crippen molar-refractivity contribution in [2.45, 2.75) is 140 Å². The molecule has 0 fully saturated rings. The van der Waals surface area contributed by atoms with Crippen molar-refractivity contribution in [3.05, 3.63) is 141 Å². The summed E-state index contributed by atoms with van der Waals surface area (Å²) in [5, 5.41) is 19.6. The van der Waals surface area contributed by atoms with Crippen molar-refractivity contribution in [2.75, 3.05) is 41.6 Å². The van der Waals surface area contributed by atoms with Crippen LogP contribution in [0.3, 0.4) is 0 Å². The molecular weight excluding hydrogens is 1070 g/mol. The average molecular weight is 1140 g/mol. The first kappa shape index (κ1) is 58.5. The van der Waals surface area contributed by atoms with Crippen molar-refractivity contribution in [1.82, 2.24) is 10.6 Å². The second-order valence-corrected chi connectivity index (χ2v) is 25.1. The predicted molar refractivity (Wildman–Crippen MR) is 316 cm³/mol. The van der Waals surface area contributed by atoms with E-state index < -0.39 is 17.9 Å². The fourth-order valence-corrected chi connectivity index (χ4v) is 13.7. The van der Waals surface area contributed by atoms with Gasteiger partial charge in [0.2, 0.25) is 17.7 Å². The van der Waals surface area contributed by atoms with Gasteiger partial charge in [-0.05, 0) is 153 Å². The maximum absolute atomic E-state index is 14.2. The highest BCUT2D eigenvalue weighted by atomic mass is 33.1. The number of Topliss-reactive ketones (excluding diaryl/α,β-unsaturated/α-hetero) is 2. The van der Waals surface area contributed by atoms with Gasteiger partial charge >= 0.3 is 0 Å². The zero-order valence-electron chi connectivity index (χ0n) is 46.7. The number of rotatable bonds is 25. The molecule has 0 aliphatic carbocycles. The van der Waals surface area contributed by atoms with Gasteiger partial charge in [0.1, 0.15) is 24.7 Å². The molecule has 3 atom stereocenters. The molecule has 0 bridgehead atoms. The van der Waals surface area contributed by atoms with Gasteiger partial charge in [0.25, 0.3) is 11.8 Å². The lowest BCUT2D eigenvalue weighted by Gasteiger charge is -2.26. The molecule has 0 spiro atoms. The number of hydrogen-bond donors (Lipinski definition) is 4. The smallest absolute Gasteiger partial charge is 0.258 e. The van der Waals surface area contributed by atoms with Crippen molar-refractivity contribution < 1.29 is 52.9 Å². The van der Waals surface area contributed by atoms with Crippen molar-refractivity contribution in [2.24, 2.45) is 0 Å². The minimum Gasteiger partial charge on any atom is -0.493 e. The fraction of sp³-hybridized carbons (Fsp3) is 0.413. The summed E-state index contributed by atoms with van der Waals surface area (Å²) in [6.45, 7) is 5.84. The number of ether oxygens (including phenoxy) is 3. The molecule has 5 amide bonds. The lowest BCUT2D eigenvalue weighted by molar-refractivity contribution is -0.127. The fourth-order valence-electron chi connectivity index (χ4n) is 11.1. The van der Waals surface area contributed by atoms with Gasteiger partial charge in [-0.25, -0.2) is 0 Å². The molecule has 4 heterocycles. The zero-order valence-corrected chi connectivity index (χ0v) is 48.3. The molecule has 0 saturated heterocycles. The Balaban J connectivity index is 0.834. The number of ketones is 2. The molecule has 0 radical (unpaired) electrons. The van der Waals surface area contributed by atoms with Crippen LogP contribution in [-0.4, -0.2) is 95.6 Å². The van der Waals surface area contributed by atoms with Gasteiger partial charge in [0.15, 0.2) is 17.3 Å². The summed E-state index contributed by atoms with van der Waals surface area (Å²) >= 11 is 0. The molecule has 4 aliphatic rings. The van der Waals surface area contributed by atoms with E-state index in [2.05, 4.69) is 35.9 Å². The van der Waals surface area contributed by atoms with Crippen molar-refractivity contribution in [1.29, 1.82) is 0 Å². The monoisotopic (exact) mass is 1140 g/mol. The molecule has 0 aromatic heterocycles. The number of benzene rings is 5. The number of nitrogens with one attached hydrogen (secondary N) is 3. The Morgan fingerprint density at radius 2 is 1.32 bits per heavy atom. The molecule has 5 aromatic rings. The summed E-state index contributed by atoms with van der Waals surface area (Å²) in [7, 11) is 6.52. The number of carbonyl (C=O) groups excluding carboxylic acids is 7. The van der Waals surface area contributed by atoms with Gasteiger partial charge in [-0.3, -0.25) is 33.6 Å². The van der Waals surface area contributed by atoms with Crippen LogP contribution in [0.15, 0.2) is 91.0 Å². The standard InChI is InChI=1S/C63H71N5O11S2/c1-38-25-49-44(31-54(71)53-30-43-12-7-9-14-52(43)68(53)62(49)76)33-55(38)78-36-39-26-40(37-79-57-32-41-16-17-46-29-42-11-6-8-13-51(42)67(46)61(75)50(41)34-56(57)77-5)28-45(27-39)66-60(74)21-19-48(70)35-65-59(73)20-18-47(69)22-23-63(2,3)81-80-24-10-15-58(72)64-4/h6-9,11-14,25-28,32-34,46,53-54,71H,10,15-24,29-31,35-37H2,1-5H3,(H,64,72)(H,65,73)(H,66,74)/t46-,53+,54?/m1/s1. The highest BCUT2D eigenvalue weighted by molar-refractivity contribution is 8.77. The van der Waals surface area contributed by atoms with Crippen LogP contribution >= 0.6 is 21.6 Å². The SMILES string of the molecule is CNC(=O)CCCSSC(C)(C)CCC(=O)CCC(=O)NCC(=O)CCC(=O)Nc1cc(COc2cc3c(cc2C)C(=O)N2c4ccccc4C[C@H]2C(O)C3)cc(COc2cc3c(cc2OC)C(=O)N2c4ccccc4C[C@H]2CC3)c1. The van der Waals surface area contributed by atoms with Crippen LogP contribution in [0.1, 0.15) is 131 Å². The first-order valence-electron chi connectivity index (χ1n) is 27.8. The van der Waals surface area contributed by atoms with Gasteiger partial charge in [-0.15, -0.1) is 0 Å². The number of nitrogens with zero attached hydrogens (tertiary/aromatic N) is 2. The van der Waals surface area contributed by atoms with Crippen LogP contribution in [0, 0.1) is 6.92 Å². The summed E-state index contributed by atoms with van der Waals surface area (Å²) in [5.74, 6) is 0.759. The molecule has 1 unspecified atom stereocenters. The van der Waals surface area contributed by atoms with Crippen molar-refractivity contribution in [3.8, 4) is 17.2 Å². The third kappa shape index (κ3) is 14.3. The average Bonchev–Trinajstić information content (AvgIpc) is 3.53. The Labute approximate surface area is 481 Å². The van der Waals surface area contributed by atoms with Gasteiger partial charge in [-0.2, -0.15) is 0 Å². The summed E-state index contributed by atoms with van der Waals surface area (Å²) < 4.78 is 18.6. The molecule has 16 nitrogen and oxygen atoms in total. The number of amides is 5. The van der Waals surface area contributed by atoms with Gasteiger partial charge in [0, 0.05) is 96.7 Å². The molecule has 5 aromatic carbocycles. The molecule has 426 valence electrons. The maximum atomic E-state index is 14.2. The van der Waals surface area contributed by atoms with Gasteiger partial charge in [-0.1, -0.05) is 58.0 Å². The molecule has 18 heteroatoms. The number of anilines is 3. The van der Waals surface area contributed by atoms with Crippen molar-refractivity contribution >= 4 is 79.8 Å². The molecule has 9 rings (SSSR count). The largest absolute Gasteiger partial charge is 0.493 e. The third-order valence-electron chi connectivity index (χ3n) is 15.5. The Hall–Kier alpha value is -7.15. The summed E-state index contributed by atoms with van der Waals surface area (Å²) in [6, 6.07) is 28.2. The first-order valence-corrected chi connectivity index (χ1v) is 30.1. The van der Waals surface area contributed by atoms with Crippen LogP contribution in [0.4, 0.5) is 17.1 Å². The van der Waals surface area contributed by atoms with Gasteiger partial charge < -0.3 is 45.1 Å². The second-order valence-electron chi connectivity index (χ2n) is 21.9. The van der Waals surface area contributed by atoms with E-state index in [1.807, 2.05) is 78.6 Å². The van der Waals surface area contributed by atoms with E-state index in [-0.39, 0.29) is 98.0 Å². The van der Waals surface area contributed by atoms with Gasteiger partial charge in [0.05, 0.1) is 25.8 Å². The Bertz CT molecular complexity index is 3240. The Kier molecular flexibility index (Phi) is 18.9. The molecule has 4 aliphatic heterocycles. The topological polar surface area (TPSA) is 210 Å². The number of methoxy groups -OCH3 is 1. The van der Waals surface area contributed by atoms with E-state index in [1.165, 1.54) is 7.11 Å². The maximum Gasteiger partial charge on any atom is 0.258 e. The van der Waals surface area contributed by atoms with Crippen LogP contribution in [0.2, 0.25) is 0 Å². The number of aliphatic hydroxyl groups is 1.